The zero-order valence-corrected chi connectivity index (χ0v) is 10.8. The fourth-order valence-corrected chi connectivity index (χ4v) is 1.24. The lowest BCUT2D eigenvalue weighted by Crippen LogP contribution is -2.35. The molecule has 1 amide bonds. The Morgan fingerprint density at radius 2 is 1.95 bits per heavy atom. The first-order valence-corrected chi connectivity index (χ1v) is 5.45. The highest BCUT2D eigenvalue weighted by Gasteiger charge is 2.21. The molecule has 1 rings (SSSR count). The molecule has 19 heavy (non-hydrogen) atoms. The Bertz CT molecular complexity index is 500. The number of ketones is 1. The van der Waals surface area contributed by atoms with Crippen LogP contribution < -0.4 is 5.32 Å². The number of hydrogen-bond donors (Lipinski definition) is 4. The van der Waals surface area contributed by atoms with E-state index in [4.69, 9.17) is 15.1 Å². The molecule has 1 heterocycles. The molecule has 0 spiro atoms. The molecular formula is C11H16N2O6. The average molecular weight is 272 g/mol. The first-order valence-electron chi connectivity index (χ1n) is 5.45. The van der Waals surface area contributed by atoms with E-state index in [1.54, 1.807) is 20.8 Å². The van der Waals surface area contributed by atoms with Crippen molar-refractivity contribution in [3.05, 3.63) is 11.6 Å². The molecule has 106 valence electrons. The van der Waals surface area contributed by atoms with Gasteiger partial charge in [0, 0.05) is 6.07 Å². The average Bonchev–Trinajstić information content (AvgIpc) is 2.51. The summed E-state index contributed by atoms with van der Waals surface area (Å²) in [7, 11) is 0. The molecule has 4 N–H and O–H groups in total. The summed E-state index contributed by atoms with van der Waals surface area (Å²) >= 11 is 0. The van der Waals surface area contributed by atoms with E-state index in [0.717, 1.165) is 6.07 Å². The molecule has 0 aromatic carbocycles. The van der Waals surface area contributed by atoms with Gasteiger partial charge in [0.1, 0.15) is 5.60 Å². The largest absolute Gasteiger partial charge is 0.492 e. The van der Waals surface area contributed by atoms with Crippen LogP contribution in [0.4, 0.5) is 4.79 Å². The summed E-state index contributed by atoms with van der Waals surface area (Å²) in [6, 6.07) is 0.883. The molecule has 0 fully saturated rings. The molecule has 1 aromatic rings. The van der Waals surface area contributed by atoms with Gasteiger partial charge in [-0.25, -0.2) is 4.79 Å². The van der Waals surface area contributed by atoms with E-state index in [0.29, 0.717) is 0 Å². The molecule has 0 saturated heterocycles. The number of Topliss-reactive ketones (excluding diaryl/α,β-unsaturated/α-hetero) is 1. The van der Waals surface area contributed by atoms with Crippen LogP contribution in [0.5, 0.6) is 11.8 Å². The van der Waals surface area contributed by atoms with Crippen molar-refractivity contribution in [3.63, 3.8) is 0 Å². The lowest BCUT2D eigenvalue weighted by atomic mass is 10.2. The highest BCUT2D eigenvalue weighted by atomic mass is 16.6. The fourth-order valence-electron chi connectivity index (χ4n) is 1.24. The van der Waals surface area contributed by atoms with Gasteiger partial charge < -0.3 is 25.5 Å². The standard InChI is InChI=1S/C11H16N2O6/c1-11(2,3)19-10(17)12-5-7(14)6-4-8(15)13(18)9(6)16/h4,15-16,18H,5H2,1-3H3,(H,12,17). The molecule has 1 aromatic heterocycles. The number of nitrogens with one attached hydrogen (secondary N) is 1. The molecule has 8 heteroatoms. The first-order chi connectivity index (χ1) is 8.61. The van der Waals surface area contributed by atoms with E-state index in [1.807, 2.05) is 0 Å². The van der Waals surface area contributed by atoms with Crippen LogP contribution in [0.25, 0.3) is 0 Å². The summed E-state index contributed by atoms with van der Waals surface area (Å²) in [6.07, 6.45) is -0.784. The van der Waals surface area contributed by atoms with Crippen LogP contribution in [0.3, 0.4) is 0 Å². The van der Waals surface area contributed by atoms with Crippen LogP contribution in [0, 0.1) is 0 Å². The van der Waals surface area contributed by atoms with Gasteiger partial charge in [-0.15, -0.1) is 4.73 Å². The molecule has 8 nitrogen and oxygen atoms in total. The predicted molar refractivity (Wildman–Crippen MR) is 63.5 cm³/mol. The number of amides is 1. The minimum Gasteiger partial charge on any atom is -0.492 e. The number of carbonyl (C=O) groups excluding carboxylic acids is 2. The van der Waals surface area contributed by atoms with E-state index < -0.39 is 35.8 Å². The van der Waals surface area contributed by atoms with Crippen LogP contribution in [0.1, 0.15) is 31.1 Å². The highest BCUT2D eigenvalue weighted by Crippen LogP contribution is 2.25. The normalized spacial score (nSPS) is 11.1. The number of carbonyl (C=O) groups is 2. The molecule has 0 radical (unpaired) electrons. The lowest BCUT2D eigenvalue weighted by Gasteiger charge is -2.19. The summed E-state index contributed by atoms with van der Waals surface area (Å²) in [5.74, 6) is -2.17. The Balaban J connectivity index is 2.61. The zero-order valence-electron chi connectivity index (χ0n) is 10.8. The number of nitrogens with zero attached hydrogens (tertiary/aromatic N) is 1. The quantitative estimate of drug-likeness (QED) is 0.478. The second-order valence-corrected chi connectivity index (χ2v) is 4.83. The Morgan fingerprint density at radius 3 is 2.37 bits per heavy atom. The van der Waals surface area contributed by atoms with E-state index >= 15 is 0 Å². The van der Waals surface area contributed by atoms with Crippen LogP contribution in [-0.2, 0) is 4.74 Å². The number of aromatic hydroxyl groups is 2. The predicted octanol–water partition coefficient (Wildman–Crippen LogP) is 0.844. The number of aromatic nitrogens is 1. The van der Waals surface area contributed by atoms with Gasteiger partial charge in [0.2, 0.25) is 11.8 Å². The molecule has 0 unspecified atom stereocenters. The van der Waals surface area contributed by atoms with E-state index in [1.165, 1.54) is 0 Å². The van der Waals surface area contributed by atoms with Crippen molar-refractivity contribution in [1.82, 2.24) is 10.0 Å². The van der Waals surface area contributed by atoms with Gasteiger partial charge >= 0.3 is 6.09 Å². The SMILES string of the molecule is CC(C)(C)OC(=O)NCC(=O)c1cc(O)n(O)c1O. The maximum Gasteiger partial charge on any atom is 0.408 e. The number of rotatable bonds is 3. The second-order valence-electron chi connectivity index (χ2n) is 4.83. The summed E-state index contributed by atoms with van der Waals surface area (Å²) in [6.45, 7) is 4.57. The van der Waals surface area contributed by atoms with E-state index in [2.05, 4.69) is 5.32 Å². The summed E-state index contributed by atoms with van der Waals surface area (Å²) < 4.78 is 4.97. The third-order valence-corrected chi connectivity index (χ3v) is 2.02. The zero-order chi connectivity index (χ0) is 14.8. The van der Waals surface area contributed by atoms with Gasteiger partial charge in [0.25, 0.3) is 0 Å². The Morgan fingerprint density at radius 1 is 1.37 bits per heavy atom. The molecular weight excluding hydrogens is 256 g/mol. The van der Waals surface area contributed by atoms with Crippen molar-refractivity contribution in [1.29, 1.82) is 0 Å². The van der Waals surface area contributed by atoms with Gasteiger partial charge in [-0.2, -0.15) is 0 Å². The van der Waals surface area contributed by atoms with Crippen LogP contribution in [-0.4, -0.2) is 44.2 Å². The fraction of sp³-hybridized carbons (Fsp3) is 0.455. The molecule has 0 aliphatic rings. The van der Waals surface area contributed by atoms with Crippen molar-refractivity contribution in [2.45, 2.75) is 26.4 Å². The first kappa shape index (κ1) is 14.7. The van der Waals surface area contributed by atoms with Gasteiger partial charge in [-0.1, -0.05) is 0 Å². The second kappa shape index (κ2) is 5.09. The maximum absolute atomic E-state index is 11.6. The number of hydrogen-bond acceptors (Lipinski definition) is 6. The molecule has 0 aliphatic heterocycles. The van der Waals surface area contributed by atoms with Crippen molar-refractivity contribution >= 4 is 11.9 Å². The number of ether oxygens (including phenoxy) is 1. The minimum absolute atomic E-state index is 0.0563. The lowest BCUT2D eigenvalue weighted by molar-refractivity contribution is 0.0520. The maximum atomic E-state index is 11.6. The summed E-state index contributed by atoms with van der Waals surface area (Å²) in [5, 5.41) is 29.7. The van der Waals surface area contributed by atoms with Crippen LogP contribution >= 0.6 is 0 Å². The minimum atomic E-state index is -0.798. The van der Waals surface area contributed by atoms with Crippen molar-refractivity contribution in [2.24, 2.45) is 0 Å². The third kappa shape index (κ3) is 3.80. The van der Waals surface area contributed by atoms with Crippen molar-refractivity contribution < 1.29 is 29.7 Å². The highest BCUT2D eigenvalue weighted by molar-refractivity contribution is 6.01. The molecule has 0 aliphatic carbocycles. The summed E-state index contributed by atoms with van der Waals surface area (Å²) in [5.41, 5.74) is -1.00. The summed E-state index contributed by atoms with van der Waals surface area (Å²) in [4.78, 5) is 22.9. The Kier molecular flexibility index (Phi) is 3.93. The smallest absolute Gasteiger partial charge is 0.408 e. The van der Waals surface area contributed by atoms with Crippen molar-refractivity contribution in [3.8, 4) is 11.8 Å². The van der Waals surface area contributed by atoms with Crippen LogP contribution in [0.15, 0.2) is 6.07 Å². The monoisotopic (exact) mass is 272 g/mol. The van der Waals surface area contributed by atoms with Gasteiger partial charge in [0.05, 0.1) is 12.1 Å². The Labute approximate surface area is 109 Å². The third-order valence-electron chi connectivity index (χ3n) is 2.02. The van der Waals surface area contributed by atoms with E-state index in [9.17, 15) is 14.7 Å². The number of alkyl carbamates (subject to hydrolysis) is 1. The van der Waals surface area contributed by atoms with Gasteiger partial charge in [-0.3, -0.25) is 4.79 Å². The van der Waals surface area contributed by atoms with Crippen LogP contribution in [0.2, 0.25) is 0 Å². The van der Waals surface area contributed by atoms with Gasteiger partial charge in [0.15, 0.2) is 5.78 Å². The topological polar surface area (TPSA) is 121 Å². The molecule has 0 saturated carbocycles. The van der Waals surface area contributed by atoms with Gasteiger partial charge in [-0.05, 0) is 20.8 Å². The van der Waals surface area contributed by atoms with Crippen molar-refractivity contribution in [2.75, 3.05) is 6.54 Å². The Hall–Kier alpha value is -2.38. The molecule has 0 atom stereocenters. The van der Waals surface area contributed by atoms with E-state index in [-0.39, 0.29) is 10.3 Å². The molecule has 0 bridgehead atoms.